The molecule has 2 rings (SSSR count). The summed E-state index contributed by atoms with van der Waals surface area (Å²) in [6.45, 7) is 3.90. The molecule has 0 aliphatic heterocycles. The molecule has 0 radical (unpaired) electrons. The third-order valence-electron chi connectivity index (χ3n) is 3.09. The number of aryl methyl sites for hydroxylation is 1. The Kier molecular flexibility index (Phi) is 4.82. The Balaban J connectivity index is 2.05. The first kappa shape index (κ1) is 14.9. The number of carbonyl (C=O) groups is 1. The van der Waals surface area contributed by atoms with Gasteiger partial charge in [-0.25, -0.2) is 0 Å². The van der Waals surface area contributed by atoms with Crippen molar-refractivity contribution in [2.75, 3.05) is 11.1 Å². The van der Waals surface area contributed by atoms with Crippen LogP contribution >= 0.6 is 0 Å². The summed E-state index contributed by atoms with van der Waals surface area (Å²) >= 11 is 0. The van der Waals surface area contributed by atoms with Gasteiger partial charge in [-0.3, -0.25) is 4.79 Å². The Labute approximate surface area is 124 Å². The predicted octanol–water partition coefficient (Wildman–Crippen LogP) is 3.37. The molecular weight excluding hydrogens is 264 g/mol. The van der Waals surface area contributed by atoms with E-state index in [1.165, 1.54) is 0 Å². The largest absolute Gasteiger partial charge is 0.481 e. The van der Waals surface area contributed by atoms with Crippen LogP contribution in [0.1, 0.15) is 18.9 Å². The molecule has 0 saturated heterocycles. The van der Waals surface area contributed by atoms with Gasteiger partial charge in [0.1, 0.15) is 5.75 Å². The lowest BCUT2D eigenvalue weighted by Gasteiger charge is -2.17. The molecule has 4 nitrogen and oxygen atoms in total. The highest BCUT2D eigenvalue weighted by Crippen LogP contribution is 2.17. The van der Waals surface area contributed by atoms with Gasteiger partial charge in [0.25, 0.3) is 5.91 Å². The van der Waals surface area contributed by atoms with E-state index in [1.54, 1.807) is 24.3 Å². The fourth-order valence-electron chi connectivity index (χ4n) is 2.01. The molecule has 0 aromatic heterocycles. The van der Waals surface area contributed by atoms with Crippen molar-refractivity contribution in [3.8, 4) is 5.75 Å². The average molecular weight is 284 g/mol. The second kappa shape index (κ2) is 6.79. The van der Waals surface area contributed by atoms with Gasteiger partial charge in [0.05, 0.1) is 0 Å². The number of hydrogen-bond acceptors (Lipinski definition) is 3. The molecule has 3 N–H and O–H groups in total. The number of nitrogen functional groups attached to an aromatic ring is 1. The van der Waals surface area contributed by atoms with Gasteiger partial charge in [-0.15, -0.1) is 0 Å². The van der Waals surface area contributed by atoms with E-state index in [9.17, 15) is 4.79 Å². The van der Waals surface area contributed by atoms with Crippen molar-refractivity contribution in [3.63, 3.8) is 0 Å². The zero-order chi connectivity index (χ0) is 15.2. The van der Waals surface area contributed by atoms with Crippen LogP contribution in [0.3, 0.4) is 0 Å². The number of carbonyl (C=O) groups excluding carboxylic acids is 1. The zero-order valence-electron chi connectivity index (χ0n) is 12.3. The molecule has 0 aliphatic rings. The molecule has 0 unspecified atom stereocenters. The normalized spacial score (nSPS) is 11.7. The topological polar surface area (TPSA) is 64.3 Å². The molecule has 2 aromatic rings. The lowest BCUT2D eigenvalue weighted by molar-refractivity contribution is -0.122. The molecule has 110 valence electrons. The second-order valence-corrected chi connectivity index (χ2v) is 4.95. The SMILES string of the molecule is CC[C@@H](Oc1cccc(C)c1)C(=O)Nc1cccc(N)c1. The van der Waals surface area contributed by atoms with E-state index in [-0.39, 0.29) is 5.91 Å². The number of amides is 1. The van der Waals surface area contributed by atoms with Crippen LogP contribution in [0.5, 0.6) is 5.75 Å². The van der Waals surface area contributed by atoms with Gasteiger partial charge in [-0.2, -0.15) is 0 Å². The standard InChI is InChI=1S/C17H20N2O2/c1-3-16(21-15-9-4-6-12(2)10-15)17(20)19-14-8-5-7-13(18)11-14/h4-11,16H,3,18H2,1-2H3,(H,19,20)/t16-/m1/s1. The van der Waals surface area contributed by atoms with E-state index in [1.807, 2.05) is 38.1 Å². The summed E-state index contributed by atoms with van der Waals surface area (Å²) in [4.78, 5) is 12.3. The van der Waals surface area contributed by atoms with Gasteiger partial charge in [0.15, 0.2) is 6.10 Å². The van der Waals surface area contributed by atoms with E-state index in [2.05, 4.69) is 5.32 Å². The van der Waals surface area contributed by atoms with Gasteiger partial charge in [0, 0.05) is 11.4 Å². The van der Waals surface area contributed by atoms with E-state index in [0.29, 0.717) is 23.5 Å². The van der Waals surface area contributed by atoms with Crippen molar-refractivity contribution in [2.45, 2.75) is 26.4 Å². The van der Waals surface area contributed by atoms with Crippen molar-refractivity contribution in [1.82, 2.24) is 0 Å². The van der Waals surface area contributed by atoms with Crippen molar-refractivity contribution >= 4 is 17.3 Å². The van der Waals surface area contributed by atoms with Gasteiger partial charge in [-0.05, 0) is 49.2 Å². The first-order valence-electron chi connectivity index (χ1n) is 6.98. The lowest BCUT2D eigenvalue weighted by atomic mass is 10.2. The van der Waals surface area contributed by atoms with Crippen LogP contribution in [-0.2, 0) is 4.79 Å². The maximum atomic E-state index is 12.3. The summed E-state index contributed by atoms with van der Waals surface area (Å²) in [5, 5.41) is 2.82. The van der Waals surface area contributed by atoms with Crippen molar-refractivity contribution in [2.24, 2.45) is 0 Å². The molecule has 2 aromatic carbocycles. The molecule has 0 spiro atoms. The van der Waals surface area contributed by atoms with Crippen molar-refractivity contribution in [3.05, 3.63) is 54.1 Å². The molecule has 0 aliphatic carbocycles. The molecular formula is C17H20N2O2. The summed E-state index contributed by atoms with van der Waals surface area (Å²) < 4.78 is 5.77. The molecule has 1 atom stereocenters. The number of nitrogens with two attached hydrogens (primary N) is 1. The molecule has 0 fully saturated rings. The monoisotopic (exact) mass is 284 g/mol. The fourth-order valence-corrected chi connectivity index (χ4v) is 2.01. The number of benzene rings is 2. The highest BCUT2D eigenvalue weighted by atomic mass is 16.5. The number of anilines is 2. The van der Waals surface area contributed by atoms with E-state index in [0.717, 1.165) is 5.56 Å². The number of nitrogens with one attached hydrogen (secondary N) is 1. The van der Waals surface area contributed by atoms with Crippen LogP contribution in [0, 0.1) is 6.92 Å². The van der Waals surface area contributed by atoms with E-state index >= 15 is 0 Å². The zero-order valence-corrected chi connectivity index (χ0v) is 12.3. The predicted molar refractivity (Wildman–Crippen MR) is 85.4 cm³/mol. The van der Waals surface area contributed by atoms with Crippen LogP contribution in [0.2, 0.25) is 0 Å². The summed E-state index contributed by atoms with van der Waals surface area (Å²) in [6.07, 6.45) is 0.0514. The van der Waals surface area contributed by atoms with Crippen molar-refractivity contribution in [1.29, 1.82) is 0 Å². The lowest BCUT2D eigenvalue weighted by Crippen LogP contribution is -2.32. The summed E-state index contributed by atoms with van der Waals surface area (Å²) in [6, 6.07) is 14.8. The van der Waals surface area contributed by atoms with Crippen LogP contribution in [0.15, 0.2) is 48.5 Å². The minimum atomic E-state index is -0.534. The third-order valence-corrected chi connectivity index (χ3v) is 3.09. The van der Waals surface area contributed by atoms with Crippen LogP contribution in [-0.4, -0.2) is 12.0 Å². The molecule has 4 heteroatoms. The van der Waals surface area contributed by atoms with Gasteiger partial charge in [0.2, 0.25) is 0 Å². The Hall–Kier alpha value is -2.49. The highest BCUT2D eigenvalue weighted by Gasteiger charge is 2.18. The van der Waals surface area contributed by atoms with Gasteiger partial charge >= 0.3 is 0 Å². The number of hydrogen-bond donors (Lipinski definition) is 2. The van der Waals surface area contributed by atoms with E-state index in [4.69, 9.17) is 10.5 Å². The van der Waals surface area contributed by atoms with Gasteiger partial charge < -0.3 is 15.8 Å². The maximum absolute atomic E-state index is 12.3. The molecule has 1 amide bonds. The minimum Gasteiger partial charge on any atom is -0.481 e. The van der Waals surface area contributed by atoms with E-state index < -0.39 is 6.10 Å². The number of rotatable bonds is 5. The first-order valence-corrected chi connectivity index (χ1v) is 6.98. The summed E-state index contributed by atoms with van der Waals surface area (Å²) in [5.41, 5.74) is 8.08. The van der Waals surface area contributed by atoms with Gasteiger partial charge in [-0.1, -0.05) is 25.1 Å². The Morgan fingerprint density at radius 2 is 2.00 bits per heavy atom. The Bertz CT molecular complexity index is 626. The molecule has 0 bridgehead atoms. The molecule has 0 saturated carbocycles. The molecule has 21 heavy (non-hydrogen) atoms. The Morgan fingerprint density at radius 1 is 1.24 bits per heavy atom. The smallest absolute Gasteiger partial charge is 0.265 e. The minimum absolute atomic E-state index is 0.176. The fraction of sp³-hybridized carbons (Fsp3) is 0.235. The summed E-state index contributed by atoms with van der Waals surface area (Å²) in [7, 11) is 0. The number of ether oxygens (including phenoxy) is 1. The highest BCUT2D eigenvalue weighted by molar-refractivity contribution is 5.94. The summed E-state index contributed by atoms with van der Waals surface area (Å²) in [5.74, 6) is 0.522. The maximum Gasteiger partial charge on any atom is 0.265 e. The van der Waals surface area contributed by atoms with Crippen LogP contribution in [0.25, 0.3) is 0 Å². The molecule has 0 heterocycles. The Morgan fingerprint density at radius 3 is 2.67 bits per heavy atom. The average Bonchev–Trinajstić information content (AvgIpc) is 2.44. The van der Waals surface area contributed by atoms with Crippen LogP contribution < -0.4 is 15.8 Å². The first-order chi connectivity index (χ1) is 10.1. The second-order valence-electron chi connectivity index (χ2n) is 4.95. The quantitative estimate of drug-likeness (QED) is 0.827. The third kappa shape index (κ3) is 4.24. The van der Waals surface area contributed by atoms with Crippen molar-refractivity contribution < 1.29 is 9.53 Å². The van der Waals surface area contributed by atoms with Crippen LogP contribution in [0.4, 0.5) is 11.4 Å².